The Labute approximate surface area is 71.8 Å². The molecule has 0 aromatic heterocycles. The van der Waals surface area contributed by atoms with E-state index in [0.29, 0.717) is 17.6 Å². The van der Waals surface area contributed by atoms with E-state index in [2.05, 4.69) is 12.2 Å². The lowest BCUT2D eigenvalue weighted by atomic mass is 9.96. The second-order valence-electron chi connectivity index (χ2n) is 4.97. The highest BCUT2D eigenvalue weighted by Crippen LogP contribution is 2.67. The summed E-state index contributed by atoms with van der Waals surface area (Å²) >= 11 is 0. The number of carbonyl (C=O) groups excluding carboxylic acids is 1. The summed E-state index contributed by atoms with van der Waals surface area (Å²) in [5.74, 6) is 4.73. The van der Waals surface area contributed by atoms with Gasteiger partial charge in [-0.05, 0) is 36.5 Å². The average molecular weight is 160 g/mol. The number of allylic oxidation sites excluding steroid dienone is 2. The van der Waals surface area contributed by atoms with Crippen LogP contribution in [0.5, 0.6) is 0 Å². The Balaban J connectivity index is 1.86. The van der Waals surface area contributed by atoms with E-state index in [1.165, 1.54) is 12.8 Å². The summed E-state index contributed by atoms with van der Waals surface area (Å²) in [5.41, 5.74) is 0. The Bertz CT molecular complexity index is 276. The van der Waals surface area contributed by atoms with Crippen LogP contribution in [0.15, 0.2) is 12.2 Å². The molecule has 4 aliphatic carbocycles. The van der Waals surface area contributed by atoms with Gasteiger partial charge in [0.1, 0.15) is 5.78 Å². The third-order valence-corrected chi connectivity index (χ3v) is 4.44. The van der Waals surface area contributed by atoms with Crippen LogP contribution in [0.4, 0.5) is 0 Å². The Morgan fingerprint density at radius 3 is 1.92 bits per heavy atom. The maximum atomic E-state index is 11.8. The molecule has 4 rings (SSSR count). The number of fused-ring (bicyclic) bond motifs is 7. The zero-order chi connectivity index (χ0) is 7.87. The number of hydrogen-bond acceptors (Lipinski definition) is 1. The highest BCUT2D eigenvalue weighted by atomic mass is 16.1. The maximum absolute atomic E-state index is 11.8. The minimum Gasteiger partial charge on any atom is -0.298 e. The molecule has 0 aromatic rings. The fourth-order valence-corrected chi connectivity index (χ4v) is 3.64. The van der Waals surface area contributed by atoms with Gasteiger partial charge in [-0.25, -0.2) is 0 Å². The first-order chi connectivity index (χ1) is 5.86. The van der Waals surface area contributed by atoms with E-state index in [1.54, 1.807) is 0 Å². The highest BCUT2D eigenvalue weighted by molar-refractivity contribution is 5.91. The molecular weight excluding hydrogens is 148 g/mol. The predicted octanol–water partition coefficient (Wildman–Crippen LogP) is 1.64. The van der Waals surface area contributed by atoms with Crippen molar-refractivity contribution in [1.82, 2.24) is 0 Å². The van der Waals surface area contributed by atoms with Crippen molar-refractivity contribution in [2.45, 2.75) is 12.8 Å². The lowest BCUT2D eigenvalue weighted by Gasteiger charge is -2.06. The van der Waals surface area contributed by atoms with Gasteiger partial charge in [-0.1, -0.05) is 12.2 Å². The molecule has 0 aromatic carbocycles. The van der Waals surface area contributed by atoms with Crippen molar-refractivity contribution in [3.05, 3.63) is 12.2 Å². The van der Waals surface area contributed by atoms with Crippen LogP contribution in [0.1, 0.15) is 12.8 Å². The Morgan fingerprint density at radius 1 is 0.917 bits per heavy atom. The summed E-state index contributed by atoms with van der Waals surface area (Å²) in [7, 11) is 0. The summed E-state index contributed by atoms with van der Waals surface area (Å²) in [6.45, 7) is 0. The van der Waals surface area contributed by atoms with Gasteiger partial charge in [0.15, 0.2) is 0 Å². The lowest BCUT2D eigenvalue weighted by Crippen LogP contribution is -2.17. The van der Waals surface area contributed by atoms with Gasteiger partial charge in [0, 0.05) is 11.8 Å². The molecule has 0 amide bonds. The van der Waals surface area contributed by atoms with E-state index >= 15 is 0 Å². The van der Waals surface area contributed by atoms with Crippen LogP contribution in [0, 0.1) is 35.5 Å². The first-order valence-electron chi connectivity index (χ1n) is 5.08. The number of rotatable bonds is 0. The average Bonchev–Trinajstić information content (AvgIpc) is 2.87. The summed E-state index contributed by atoms with van der Waals surface area (Å²) in [6, 6.07) is 0. The van der Waals surface area contributed by atoms with Gasteiger partial charge in [-0.15, -0.1) is 0 Å². The minimum atomic E-state index is 0.354. The predicted molar refractivity (Wildman–Crippen MR) is 44.3 cm³/mol. The van der Waals surface area contributed by atoms with E-state index in [1.807, 2.05) is 0 Å². The second-order valence-corrected chi connectivity index (χ2v) is 4.97. The molecule has 3 saturated carbocycles. The van der Waals surface area contributed by atoms with Crippen LogP contribution >= 0.6 is 0 Å². The van der Waals surface area contributed by atoms with Crippen LogP contribution in [0.25, 0.3) is 0 Å². The number of hydrogen-bond donors (Lipinski definition) is 0. The van der Waals surface area contributed by atoms with Crippen molar-refractivity contribution in [2.75, 3.05) is 0 Å². The molecule has 6 atom stereocenters. The molecule has 0 saturated heterocycles. The molecule has 3 fully saturated rings. The number of ketones is 1. The van der Waals surface area contributed by atoms with Gasteiger partial charge >= 0.3 is 0 Å². The van der Waals surface area contributed by atoms with Gasteiger partial charge in [0.2, 0.25) is 0 Å². The standard InChI is InChI=1S/C11H12O/c12-11-5-1-2-6(11)8-4-10(8)9-3-7(5)9/h1-2,5-10H,3-4H2/t5-,6+,7-,8+,9-,10+. The fraction of sp³-hybridized carbons (Fsp3) is 0.727. The first-order valence-corrected chi connectivity index (χ1v) is 5.08. The zero-order valence-electron chi connectivity index (χ0n) is 6.94. The third-order valence-electron chi connectivity index (χ3n) is 4.44. The Morgan fingerprint density at radius 2 is 1.42 bits per heavy atom. The molecule has 1 nitrogen and oxygen atoms in total. The van der Waals surface area contributed by atoms with E-state index < -0.39 is 0 Å². The minimum absolute atomic E-state index is 0.354. The first kappa shape index (κ1) is 5.95. The van der Waals surface area contributed by atoms with Crippen LogP contribution < -0.4 is 0 Å². The van der Waals surface area contributed by atoms with Crippen molar-refractivity contribution in [2.24, 2.45) is 35.5 Å². The molecule has 12 heavy (non-hydrogen) atoms. The molecule has 0 aliphatic heterocycles. The maximum Gasteiger partial charge on any atom is 0.147 e. The summed E-state index contributed by atoms with van der Waals surface area (Å²) in [5, 5.41) is 0. The molecule has 2 bridgehead atoms. The van der Waals surface area contributed by atoms with E-state index in [0.717, 1.165) is 23.7 Å². The van der Waals surface area contributed by atoms with Crippen LogP contribution in [0.3, 0.4) is 0 Å². The van der Waals surface area contributed by atoms with Gasteiger partial charge in [-0.3, -0.25) is 4.79 Å². The van der Waals surface area contributed by atoms with E-state index in [-0.39, 0.29) is 0 Å². The molecule has 1 heteroatoms. The molecule has 0 heterocycles. The van der Waals surface area contributed by atoms with Gasteiger partial charge in [0.05, 0.1) is 0 Å². The summed E-state index contributed by atoms with van der Waals surface area (Å²) in [6.07, 6.45) is 7.11. The quantitative estimate of drug-likeness (QED) is 0.492. The SMILES string of the molecule is O=C1[C@H]2C=C[C@@H]1[C@H]1C[C@H]1[C@H]1C[C@H]12. The molecule has 0 spiro atoms. The largest absolute Gasteiger partial charge is 0.298 e. The van der Waals surface area contributed by atoms with Crippen LogP contribution in [-0.2, 0) is 4.79 Å². The Kier molecular flexibility index (Phi) is 0.768. The Hall–Kier alpha value is -0.590. The van der Waals surface area contributed by atoms with Gasteiger partial charge < -0.3 is 0 Å². The lowest BCUT2D eigenvalue weighted by molar-refractivity contribution is -0.123. The fourth-order valence-electron chi connectivity index (χ4n) is 3.64. The monoisotopic (exact) mass is 160 g/mol. The zero-order valence-corrected chi connectivity index (χ0v) is 6.94. The highest BCUT2D eigenvalue weighted by Gasteiger charge is 2.64. The van der Waals surface area contributed by atoms with Crippen molar-refractivity contribution in [3.8, 4) is 0 Å². The summed E-state index contributed by atoms with van der Waals surface area (Å²) < 4.78 is 0. The van der Waals surface area contributed by atoms with Crippen molar-refractivity contribution in [1.29, 1.82) is 0 Å². The molecule has 0 N–H and O–H groups in total. The van der Waals surface area contributed by atoms with Crippen molar-refractivity contribution >= 4 is 5.78 Å². The molecule has 0 radical (unpaired) electrons. The second kappa shape index (κ2) is 1.55. The van der Waals surface area contributed by atoms with Gasteiger partial charge in [-0.2, -0.15) is 0 Å². The molecular formula is C11H12O. The topological polar surface area (TPSA) is 17.1 Å². The van der Waals surface area contributed by atoms with Gasteiger partial charge in [0.25, 0.3) is 0 Å². The summed E-state index contributed by atoms with van der Waals surface area (Å²) in [4.78, 5) is 11.8. The van der Waals surface area contributed by atoms with E-state index in [4.69, 9.17) is 0 Å². The van der Waals surface area contributed by atoms with Crippen molar-refractivity contribution in [3.63, 3.8) is 0 Å². The van der Waals surface area contributed by atoms with Crippen molar-refractivity contribution < 1.29 is 4.79 Å². The third kappa shape index (κ3) is 0.502. The van der Waals surface area contributed by atoms with Crippen LogP contribution in [0.2, 0.25) is 0 Å². The van der Waals surface area contributed by atoms with Crippen LogP contribution in [-0.4, -0.2) is 5.78 Å². The molecule has 62 valence electrons. The molecule has 4 aliphatic rings. The number of Topliss-reactive ketones (excluding diaryl/α,β-unsaturated/α-hetero) is 1. The van der Waals surface area contributed by atoms with E-state index in [9.17, 15) is 4.79 Å². The normalized spacial score (nSPS) is 63.8. The molecule has 0 unspecified atom stereocenters. The number of carbonyl (C=O) groups is 1. The smallest absolute Gasteiger partial charge is 0.147 e.